The van der Waals surface area contributed by atoms with Crippen molar-refractivity contribution in [3.8, 4) is 0 Å². The van der Waals surface area contributed by atoms with Crippen molar-refractivity contribution in [1.29, 1.82) is 0 Å². The minimum Gasteiger partial charge on any atom is -0.414 e. The summed E-state index contributed by atoms with van der Waals surface area (Å²) < 4.78 is 5.51. The molecule has 0 bridgehead atoms. The van der Waals surface area contributed by atoms with Crippen LogP contribution in [0.25, 0.3) is 0 Å². The molecule has 2 aromatic carbocycles. The highest BCUT2D eigenvalue weighted by Crippen LogP contribution is 2.17. The van der Waals surface area contributed by atoms with E-state index in [-0.39, 0.29) is 11.7 Å². The lowest BCUT2D eigenvalue weighted by atomic mass is 10.2. The van der Waals surface area contributed by atoms with E-state index in [1.165, 1.54) is 11.8 Å². The van der Waals surface area contributed by atoms with E-state index in [4.69, 9.17) is 16.0 Å². The minimum absolute atomic E-state index is 0.0853. The first kappa shape index (κ1) is 18.3. The summed E-state index contributed by atoms with van der Waals surface area (Å²) in [4.78, 5) is 11.9. The molecule has 2 N–H and O–H groups in total. The van der Waals surface area contributed by atoms with Gasteiger partial charge in [-0.3, -0.25) is 4.79 Å². The van der Waals surface area contributed by atoms with Crippen LogP contribution in [0.5, 0.6) is 0 Å². The van der Waals surface area contributed by atoms with Crippen molar-refractivity contribution in [2.75, 3.05) is 11.1 Å². The molecular weight excluding hydrogens is 372 g/mol. The van der Waals surface area contributed by atoms with Crippen LogP contribution in [0.15, 0.2) is 64.2 Å². The summed E-state index contributed by atoms with van der Waals surface area (Å²) in [5, 5.41) is 15.0. The maximum atomic E-state index is 11.9. The van der Waals surface area contributed by atoms with Gasteiger partial charge >= 0.3 is 0 Å². The number of nitrogens with zero attached hydrogens (tertiary/aromatic N) is 2. The van der Waals surface area contributed by atoms with Crippen LogP contribution in [0.1, 0.15) is 11.5 Å². The number of carbonyl (C=O) groups is 1. The highest BCUT2D eigenvalue weighted by molar-refractivity contribution is 7.99. The Kier molecular flexibility index (Phi) is 6.51. The van der Waals surface area contributed by atoms with Crippen molar-refractivity contribution in [3.05, 3.63) is 71.1 Å². The first-order valence-electron chi connectivity index (χ1n) is 7.94. The third-order valence-corrected chi connectivity index (χ3v) is 4.47. The summed E-state index contributed by atoms with van der Waals surface area (Å²) in [7, 11) is 0. The molecule has 0 saturated heterocycles. The topological polar surface area (TPSA) is 80.1 Å². The van der Waals surface area contributed by atoms with Gasteiger partial charge < -0.3 is 15.1 Å². The number of anilines is 1. The summed E-state index contributed by atoms with van der Waals surface area (Å²) in [6.45, 7) is 0.899. The van der Waals surface area contributed by atoms with E-state index in [0.717, 1.165) is 11.3 Å². The van der Waals surface area contributed by atoms with Crippen molar-refractivity contribution >= 4 is 35.0 Å². The lowest BCUT2D eigenvalue weighted by Crippen LogP contribution is -2.24. The molecule has 0 aliphatic heterocycles. The third kappa shape index (κ3) is 5.79. The van der Waals surface area contributed by atoms with Crippen LogP contribution in [0, 0.1) is 0 Å². The Hall–Kier alpha value is -2.51. The van der Waals surface area contributed by atoms with E-state index < -0.39 is 0 Å². The van der Waals surface area contributed by atoms with Crippen molar-refractivity contribution in [1.82, 2.24) is 15.5 Å². The number of nitrogens with one attached hydrogen (secondary N) is 2. The summed E-state index contributed by atoms with van der Waals surface area (Å²) >= 11 is 7.06. The van der Waals surface area contributed by atoms with E-state index in [9.17, 15) is 4.79 Å². The standard InChI is InChI=1S/C18H17ClN4O2S/c19-14-6-8-15(9-7-14)20-11-17-22-23-18(25-17)26-12-16(24)21-10-13-4-2-1-3-5-13/h1-9,20H,10-12H2,(H,21,24). The molecule has 0 unspecified atom stereocenters. The second-order valence-electron chi connectivity index (χ2n) is 5.37. The van der Waals surface area contributed by atoms with Gasteiger partial charge in [-0.2, -0.15) is 0 Å². The molecule has 0 atom stereocenters. The van der Waals surface area contributed by atoms with E-state index in [1.807, 2.05) is 42.5 Å². The molecular formula is C18H17ClN4O2S. The first-order valence-corrected chi connectivity index (χ1v) is 9.30. The van der Waals surface area contributed by atoms with Crippen molar-refractivity contribution < 1.29 is 9.21 Å². The van der Waals surface area contributed by atoms with Crippen LogP contribution in [0.4, 0.5) is 5.69 Å². The average Bonchev–Trinajstić information content (AvgIpc) is 3.13. The Morgan fingerprint density at radius 3 is 2.58 bits per heavy atom. The van der Waals surface area contributed by atoms with Crippen LogP contribution >= 0.6 is 23.4 Å². The third-order valence-electron chi connectivity index (χ3n) is 3.40. The van der Waals surface area contributed by atoms with Gasteiger partial charge in [-0.05, 0) is 29.8 Å². The van der Waals surface area contributed by atoms with Crippen molar-refractivity contribution in [2.24, 2.45) is 0 Å². The Bertz CT molecular complexity index is 840. The highest BCUT2D eigenvalue weighted by Gasteiger charge is 2.09. The number of amides is 1. The van der Waals surface area contributed by atoms with Crippen LogP contribution in [-0.2, 0) is 17.9 Å². The predicted octanol–water partition coefficient (Wildman–Crippen LogP) is 3.74. The minimum atomic E-state index is -0.0853. The van der Waals surface area contributed by atoms with E-state index >= 15 is 0 Å². The molecule has 3 aromatic rings. The number of carbonyl (C=O) groups excluding carboxylic acids is 1. The van der Waals surface area contributed by atoms with Crippen molar-refractivity contribution in [2.45, 2.75) is 18.3 Å². The number of thioether (sulfide) groups is 1. The highest BCUT2D eigenvalue weighted by atomic mass is 35.5. The van der Waals surface area contributed by atoms with Crippen LogP contribution in [-0.4, -0.2) is 21.9 Å². The zero-order valence-corrected chi connectivity index (χ0v) is 15.4. The van der Waals surface area contributed by atoms with Gasteiger partial charge in [0.2, 0.25) is 11.8 Å². The van der Waals surface area contributed by atoms with Gasteiger partial charge in [-0.15, -0.1) is 10.2 Å². The Morgan fingerprint density at radius 2 is 1.81 bits per heavy atom. The summed E-state index contributed by atoms with van der Waals surface area (Å²) in [6, 6.07) is 17.1. The molecule has 0 saturated carbocycles. The maximum Gasteiger partial charge on any atom is 0.277 e. The van der Waals surface area contributed by atoms with Gasteiger partial charge in [-0.1, -0.05) is 53.7 Å². The van der Waals surface area contributed by atoms with E-state index in [2.05, 4.69) is 20.8 Å². The zero-order chi connectivity index (χ0) is 18.2. The SMILES string of the molecule is O=C(CSc1nnc(CNc2ccc(Cl)cc2)o1)NCc1ccccc1. The molecule has 8 heteroatoms. The number of aromatic nitrogens is 2. The molecule has 0 radical (unpaired) electrons. The average molecular weight is 389 g/mol. The largest absolute Gasteiger partial charge is 0.414 e. The molecule has 3 rings (SSSR count). The van der Waals surface area contributed by atoms with Gasteiger partial charge in [0.15, 0.2) is 0 Å². The molecule has 6 nitrogen and oxygen atoms in total. The quantitative estimate of drug-likeness (QED) is 0.572. The number of halogens is 1. The molecule has 1 amide bonds. The number of rotatable bonds is 8. The molecule has 1 aromatic heterocycles. The Labute approximate surface area is 160 Å². The molecule has 1 heterocycles. The molecule has 26 heavy (non-hydrogen) atoms. The maximum absolute atomic E-state index is 11.9. The molecule has 0 spiro atoms. The van der Waals surface area contributed by atoms with E-state index in [1.54, 1.807) is 12.1 Å². The van der Waals surface area contributed by atoms with Crippen molar-refractivity contribution in [3.63, 3.8) is 0 Å². The number of benzene rings is 2. The summed E-state index contributed by atoms with van der Waals surface area (Å²) in [6.07, 6.45) is 0. The van der Waals surface area contributed by atoms with Gasteiger partial charge in [-0.25, -0.2) is 0 Å². The summed E-state index contributed by atoms with van der Waals surface area (Å²) in [5.74, 6) is 0.587. The second kappa shape index (κ2) is 9.26. The van der Waals surface area contributed by atoms with Gasteiger partial charge in [0.25, 0.3) is 5.22 Å². The lowest BCUT2D eigenvalue weighted by Gasteiger charge is -2.04. The number of hydrogen-bond donors (Lipinski definition) is 2. The monoisotopic (exact) mass is 388 g/mol. The van der Waals surface area contributed by atoms with Crippen LogP contribution in [0.2, 0.25) is 5.02 Å². The smallest absolute Gasteiger partial charge is 0.277 e. The lowest BCUT2D eigenvalue weighted by molar-refractivity contribution is -0.118. The first-order chi connectivity index (χ1) is 12.7. The van der Waals surface area contributed by atoms with Gasteiger partial charge in [0.1, 0.15) is 0 Å². The predicted molar refractivity (Wildman–Crippen MR) is 102 cm³/mol. The van der Waals surface area contributed by atoms with Crippen LogP contribution in [0.3, 0.4) is 0 Å². The zero-order valence-electron chi connectivity index (χ0n) is 13.8. The fraction of sp³-hybridized carbons (Fsp3) is 0.167. The second-order valence-corrected chi connectivity index (χ2v) is 6.74. The summed E-state index contributed by atoms with van der Waals surface area (Å²) in [5.41, 5.74) is 1.96. The molecule has 0 aliphatic rings. The normalized spacial score (nSPS) is 10.5. The Morgan fingerprint density at radius 1 is 1.04 bits per heavy atom. The number of hydrogen-bond acceptors (Lipinski definition) is 6. The fourth-order valence-electron chi connectivity index (χ4n) is 2.09. The van der Waals surface area contributed by atoms with Gasteiger partial charge in [0, 0.05) is 17.3 Å². The van der Waals surface area contributed by atoms with Gasteiger partial charge in [0.05, 0.1) is 12.3 Å². The van der Waals surface area contributed by atoms with E-state index in [0.29, 0.717) is 29.2 Å². The fourth-order valence-corrected chi connectivity index (χ4v) is 2.82. The Balaban J connectivity index is 1.40. The molecule has 0 fully saturated rings. The molecule has 134 valence electrons. The van der Waals surface area contributed by atoms with Crippen LogP contribution < -0.4 is 10.6 Å². The molecule has 0 aliphatic carbocycles.